The molecule has 8 heteroatoms. The Bertz CT molecular complexity index is 619. The molecule has 2 heterocycles. The maximum atomic E-state index is 14.5. The highest BCUT2D eigenvalue weighted by Gasteiger charge is 2.34. The van der Waals surface area contributed by atoms with Gasteiger partial charge in [0.05, 0.1) is 17.2 Å². The van der Waals surface area contributed by atoms with E-state index in [0.29, 0.717) is 44.7 Å². The van der Waals surface area contributed by atoms with Crippen molar-refractivity contribution in [1.82, 2.24) is 10.6 Å². The van der Waals surface area contributed by atoms with Gasteiger partial charge in [0.1, 0.15) is 5.82 Å². The van der Waals surface area contributed by atoms with Crippen LogP contribution in [-0.2, 0) is 11.3 Å². The molecule has 0 saturated carbocycles. The van der Waals surface area contributed by atoms with E-state index >= 15 is 0 Å². The molecule has 3 N–H and O–H groups in total. The van der Waals surface area contributed by atoms with Crippen LogP contribution in [0, 0.1) is 11.2 Å². The molecule has 1 aromatic rings. The van der Waals surface area contributed by atoms with Crippen molar-refractivity contribution in [2.24, 2.45) is 5.41 Å². The Morgan fingerprint density at radius 3 is 2.67 bits per heavy atom. The smallest absolute Gasteiger partial charge is 0.227 e. The second kappa shape index (κ2) is 10.5. The van der Waals surface area contributed by atoms with E-state index in [-0.39, 0.29) is 48.1 Å². The molecule has 2 fully saturated rings. The Labute approximate surface area is 172 Å². The van der Waals surface area contributed by atoms with Gasteiger partial charge in [-0.3, -0.25) is 4.79 Å². The lowest BCUT2D eigenvalue weighted by molar-refractivity contribution is -0.131. The fraction of sp³-hybridized carbons (Fsp3) is 0.632. The summed E-state index contributed by atoms with van der Waals surface area (Å²) in [6.45, 7) is 5.29. The largest absolute Gasteiger partial charge is 0.393 e. The van der Waals surface area contributed by atoms with Gasteiger partial charge in [-0.15, -0.1) is 24.8 Å². The molecule has 154 valence electrons. The molecule has 0 aliphatic carbocycles. The summed E-state index contributed by atoms with van der Waals surface area (Å²) in [5.74, 6) is -0.247. The first-order chi connectivity index (χ1) is 12.0. The molecule has 0 spiro atoms. The van der Waals surface area contributed by atoms with Gasteiger partial charge in [0.2, 0.25) is 5.91 Å². The molecule has 2 saturated heterocycles. The molecule has 2 aliphatic heterocycles. The maximum absolute atomic E-state index is 14.5. The number of halogens is 3. The quantitative estimate of drug-likeness (QED) is 0.698. The number of aliphatic hydroxyl groups is 1. The van der Waals surface area contributed by atoms with Crippen molar-refractivity contribution in [1.29, 1.82) is 0 Å². The number of hydrogen-bond acceptors (Lipinski definition) is 4. The highest BCUT2D eigenvalue weighted by atomic mass is 35.5. The molecule has 0 aromatic heterocycles. The second-order valence-electron chi connectivity index (χ2n) is 7.53. The van der Waals surface area contributed by atoms with Crippen LogP contribution in [0.2, 0.25) is 0 Å². The first-order valence-electron chi connectivity index (χ1n) is 9.18. The average Bonchev–Trinajstić information content (AvgIpc) is 2.61. The molecule has 27 heavy (non-hydrogen) atoms. The number of piperidine rings is 2. The summed E-state index contributed by atoms with van der Waals surface area (Å²) in [6.07, 6.45) is 2.94. The van der Waals surface area contributed by atoms with E-state index < -0.39 is 0 Å². The Morgan fingerprint density at radius 2 is 2.07 bits per heavy atom. The molecule has 1 unspecified atom stereocenters. The Hall–Kier alpha value is -1.08. The van der Waals surface area contributed by atoms with Crippen LogP contribution in [0.1, 0.15) is 38.2 Å². The SMILES string of the molecule is CC1(C(=O)NCc2ccc(N3CCC(O)CC3)c(F)c2)CCCNC1.Cl.Cl. The number of nitrogens with one attached hydrogen (secondary N) is 2. The van der Waals surface area contributed by atoms with Crippen molar-refractivity contribution < 1.29 is 14.3 Å². The lowest BCUT2D eigenvalue weighted by Crippen LogP contribution is -2.48. The number of hydrogen-bond donors (Lipinski definition) is 3. The number of aliphatic hydroxyl groups excluding tert-OH is 1. The standard InChI is InChI=1S/C19H28FN3O2.2ClH/c1-19(7-2-8-21-13-19)18(25)22-12-14-3-4-17(16(20)11-14)23-9-5-15(24)6-10-23;;/h3-4,11,15,21,24H,2,5-10,12-13H2,1H3,(H,22,25);2*1H. The lowest BCUT2D eigenvalue weighted by Gasteiger charge is -2.33. The van der Waals surface area contributed by atoms with E-state index in [1.807, 2.05) is 17.9 Å². The van der Waals surface area contributed by atoms with Crippen LogP contribution in [0.4, 0.5) is 10.1 Å². The monoisotopic (exact) mass is 421 g/mol. The van der Waals surface area contributed by atoms with Crippen LogP contribution in [0.5, 0.6) is 0 Å². The van der Waals surface area contributed by atoms with Crippen molar-refractivity contribution in [2.45, 2.75) is 45.3 Å². The summed E-state index contributed by atoms with van der Waals surface area (Å²) in [5, 5.41) is 15.8. The van der Waals surface area contributed by atoms with Gasteiger partial charge in [-0.2, -0.15) is 0 Å². The average molecular weight is 422 g/mol. The van der Waals surface area contributed by atoms with Crippen LogP contribution in [0.15, 0.2) is 18.2 Å². The number of anilines is 1. The van der Waals surface area contributed by atoms with E-state index in [9.17, 15) is 14.3 Å². The minimum atomic E-state index is -0.384. The molecule has 0 bridgehead atoms. The zero-order valence-corrected chi connectivity index (χ0v) is 17.3. The van der Waals surface area contributed by atoms with Crippen molar-refractivity contribution >= 4 is 36.4 Å². The molecule has 3 rings (SSSR count). The molecule has 5 nitrogen and oxygen atoms in total. The van der Waals surface area contributed by atoms with E-state index in [0.717, 1.165) is 24.9 Å². The Balaban J connectivity index is 0.00000182. The van der Waals surface area contributed by atoms with E-state index in [4.69, 9.17) is 0 Å². The van der Waals surface area contributed by atoms with E-state index in [1.165, 1.54) is 6.07 Å². The van der Waals surface area contributed by atoms with Crippen molar-refractivity contribution in [3.63, 3.8) is 0 Å². The number of rotatable bonds is 4. The minimum Gasteiger partial charge on any atom is -0.393 e. The molecule has 0 radical (unpaired) electrons. The van der Waals surface area contributed by atoms with Gasteiger partial charge in [-0.1, -0.05) is 6.07 Å². The van der Waals surface area contributed by atoms with Crippen LogP contribution >= 0.6 is 24.8 Å². The number of amides is 1. The van der Waals surface area contributed by atoms with Crippen LogP contribution in [0.3, 0.4) is 0 Å². The normalized spacial score (nSPS) is 23.1. The summed E-state index contributed by atoms with van der Waals surface area (Å²) < 4.78 is 14.5. The van der Waals surface area contributed by atoms with Crippen molar-refractivity contribution in [3.05, 3.63) is 29.6 Å². The third-order valence-corrected chi connectivity index (χ3v) is 5.42. The highest BCUT2D eigenvalue weighted by molar-refractivity contribution is 5.85. The predicted octanol–water partition coefficient (Wildman–Crippen LogP) is 2.64. The van der Waals surface area contributed by atoms with Gasteiger partial charge in [-0.25, -0.2) is 4.39 Å². The fourth-order valence-corrected chi connectivity index (χ4v) is 3.67. The van der Waals surface area contributed by atoms with Gasteiger partial charge in [0.25, 0.3) is 0 Å². The summed E-state index contributed by atoms with van der Waals surface area (Å²) in [4.78, 5) is 14.4. The van der Waals surface area contributed by atoms with E-state index in [2.05, 4.69) is 10.6 Å². The summed E-state index contributed by atoms with van der Waals surface area (Å²) in [6, 6.07) is 5.14. The zero-order valence-electron chi connectivity index (χ0n) is 15.7. The topological polar surface area (TPSA) is 64.6 Å². The number of carbonyl (C=O) groups excluding carboxylic acids is 1. The molecule has 1 aromatic carbocycles. The van der Waals surface area contributed by atoms with Gasteiger partial charge in [0.15, 0.2) is 0 Å². The third-order valence-electron chi connectivity index (χ3n) is 5.42. The minimum absolute atomic E-state index is 0. The molecular formula is C19H30Cl2FN3O2. The Morgan fingerprint density at radius 1 is 1.37 bits per heavy atom. The van der Waals surface area contributed by atoms with Gasteiger partial charge < -0.3 is 20.6 Å². The molecule has 1 atom stereocenters. The molecular weight excluding hydrogens is 392 g/mol. The van der Waals surface area contributed by atoms with Gasteiger partial charge in [0, 0.05) is 26.2 Å². The van der Waals surface area contributed by atoms with Crippen molar-refractivity contribution in [2.75, 3.05) is 31.1 Å². The van der Waals surface area contributed by atoms with E-state index in [1.54, 1.807) is 6.07 Å². The number of carbonyl (C=O) groups is 1. The van der Waals surface area contributed by atoms with Crippen LogP contribution in [0.25, 0.3) is 0 Å². The summed E-state index contributed by atoms with van der Waals surface area (Å²) >= 11 is 0. The summed E-state index contributed by atoms with van der Waals surface area (Å²) in [5.41, 5.74) is 0.954. The second-order valence-corrected chi connectivity index (χ2v) is 7.53. The first kappa shape index (κ1) is 24.0. The fourth-order valence-electron chi connectivity index (χ4n) is 3.67. The van der Waals surface area contributed by atoms with Crippen LogP contribution in [-0.4, -0.2) is 43.3 Å². The van der Waals surface area contributed by atoms with Gasteiger partial charge in [-0.05, 0) is 56.8 Å². The first-order valence-corrected chi connectivity index (χ1v) is 9.18. The van der Waals surface area contributed by atoms with Gasteiger partial charge >= 0.3 is 0 Å². The third kappa shape index (κ3) is 5.95. The summed E-state index contributed by atoms with van der Waals surface area (Å²) in [7, 11) is 0. The molecule has 2 aliphatic rings. The van der Waals surface area contributed by atoms with Crippen molar-refractivity contribution in [3.8, 4) is 0 Å². The highest BCUT2D eigenvalue weighted by Crippen LogP contribution is 2.26. The number of benzene rings is 1. The zero-order chi connectivity index (χ0) is 17.9. The maximum Gasteiger partial charge on any atom is 0.227 e. The number of nitrogens with zero attached hydrogens (tertiary/aromatic N) is 1. The molecule has 1 amide bonds. The lowest BCUT2D eigenvalue weighted by atomic mass is 9.82. The Kier molecular flexibility index (Phi) is 9.28. The predicted molar refractivity (Wildman–Crippen MR) is 110 cm³/mol. The van der Waals surface area contributed by atoms with Crippen LogP contribution < -0.4 is 15.5 Å².